The molecule has 1 aromatic rings. The largest absolute Gasteiger partial charge is 0.328 e. The topological polar surface area (TPSA) is 29.2 Å². The van der Waals surface area contributed by atoms with Crippen LogP contribution >= 0.6 is 0 Å². The number of nitrogens with one attached hydrogen (secondary N) is 2. The molecule has 0 saturated carbocycles. The van der Waals surface area contributed by atoms with E-state index in [9.17, 15) is 4.79 Å². The van der Waals surface area contributed by atoms with Crippen LogP contribution in [0.2, 0.25) is 0 Å². The van der Waals surface area contributed by atoms with Gasteiger partial charge in [-0.3, -0.25) is 4.79 Å². The fraction of sp³-hybridized carbons (Fsp3) is 0.562. The highest BCUT2D eigenvalue weighted by molar-refractivity contribution is 5.96. The number of fused-ring (bicyclic) bond motifs is 1. The minimum Gasteiger partial charge on any atom is -0.328 e. The van der Waals surface area contributed by atoms with E-state index in [4.69, 9.17) is 0 Å². The van der Waals surface area contributed by atoms with Gasteiger partial charge in [-0.15, -0.1) is 0 Å². The molecule has 20 heavy (non-hydrogen) atoms. The molecule has 1 saturated heterocycles. The van der Waals surface area contributed by atoms with Crippen LogP contribution in [0.3, 0.4) is 0 Å². The number of likely N-dealkylation sites (N-methyl/N-ethyl adjacent to an activating group) is 1. The summed E-state index contributed by atoms with van der Waals surface area (Å²) in [4.78, 5) is 17.7. The summed E-state index contributed by atoms with van der Waals surface area (Å²) in [6.45, 7) is 7.37. The Labute approximate surface area is 121 Å². The van der Waals surface area contributed by atoms with Crippen molar-refractivity contribution in [3.63, 3.8) is 0 Å². The van der Waals surface area contributed by atoms with Gasteiger partial charge in [0.05, 0.1) is 7.05 Å². The molecule has 2 N–H and O–H groups in total. The van der Waals surface area contributed by atoms with Gasteiger partial charge in [-0.25, -0.2) is 0 Å². The quantitative estimate of drug-likeness (QED) is 0.667. The minimum absolute atomic E-state index is 0.289. The van der Waals surface area contributed by atoms with Crippen molar-refractivity contribution in [1.82, 2.24) is 0 Å². The normalized spacial score (nSPS) is 29.3. The predicted octanol–water partition coefficient (Wildman–Crippen LogP) is -1.62. The third-order valence-electron chi connectivity index (χ3n) is 4.69. The van der Waals surface area contributed by atoms with E-state index in [0.29, 0.717) is 12.6 Å². The summed E-state index contributed by atoms with van der Waals surface area (Å²) in [7, 11) is 2.23. The van der Waals surface area contributed by atoms with Crippen LogP contribution < -0.4 is 14.7 Å². The number of piperazine rings is 1. The van der Waals surface area contributed by atoms with Gasteiger partial charge in [0.15, 0.2) is 6.54 Å². The van der Waals surface area contributed by atoms with Crippen molar-refractivity contribution in [2.24, 2.45) is 0 Å². The molecule has 4 nitrogen and oxygen atoms in total. The molecule has 0 unspecified atom stereocenters. The zero-order chi connectivity index (χ0) is 14.1. The molecule has 108 valence electrons. The number of para-hydroxylation sites is 1. The van der Waals surface area contributed by atoms with Crippen LogP contribution in [-0.2, 0) is 11.2 Å². The maximum atomic E-state index is 12.7. The molecule has 4 heteroatoms. The van der Waals surface area contributed by atoms with Crippen molar-refractivity contribution in [2.75, 3.05) is 44.7 Å². The van der Waals surface area contributed by atoms with Crippen LogP contribution in [0.1, 0.15) is 12.5 Å². The van der Waals surface area contributed by atoms with Gasteiger partial charge in [-0.05, 0) is 25.0 Å². The Kier molecular flexibility index (Phi) is 3.76. The number of carbonyl (C=O) groups is 1. The zero-order valence-corrected chi connectivity index (χ0v) is 12.5. The van der Waals surface area contributed by atoms with E-state index in [-0.39, 0.29) is 5.91 Å². The number of quaternary nitrogens is 2. The summed E-state index contributed by atoms with van der Waals surface area (Å²) in [6, 6.07) is 8.63. The lowest BCUT2D eigenvalue weighted by Crippen LogP contribution is -3.27. The smallest absolute Gasteiger partial charge is 0.282 e. The maximum Gasteiger partial charge on any atom is 0.282 e. The molecular formula is C16H25N3O+2. The van der Waals surface area contributed by atoms with E-state index in [1.165, 1.54) is 23.6 Å². The molecule has 0 aromatic heterocycles. The number of anilines is 1. The number of amides is 1. The summed E-state index contributed by atoms with van der Waals surface area (Å²) in [6.07, 6.45) is 0.990. The first-order valence-corrected chi connectivity index (χ1v) is 7.70. The van der Waals surface area contributed by atoms with Crippen molar-refractivity contribution in [3.05, 3.63) is 29.8 Å². The van der Waals surface area contributed by atoms with Gasteiger partial charge in [0.1, 0.15) is 26.2 Å². The minimum atomic E-state index is 0.289. The van der Waals surface area contributed by atoms with E-state index in [1.54, 1.807) is 4.90 Å². The SMILES string of the molecule is C[C@H]1Cc2ccccc2N1C(=O)C[NH+]1CC[NH+](C)CC1. The number of nitrogens with zero attached hydrogens (tertiary/aromatic N) is 1. The van der Waals surface area contributed by atoms with E-state index in [2.05, 4.69) is 32.2 Å². The fourth-order valence-corrected chi connectivity index (χ4v) is 3.45. The van der Waals surface area contributed by atoms with Crippen molar-refractivity contribution in [1.29, 1.82) is 0 Å². The van der Waals surface area contributed by atoms with Crippen LogP contribution in [0.15, 0.2) is 24.3 Å². The third kappa shape index (κ3) is 2.58. The Morgan fingerprint density at radius 1 is 1.25 bits per heavy atom. The van der Waals surface area contributed by atoms with Crippen LogP contribution in [0.4, 0.5) is 5.69 Å². The second-order valence-corrected chi connectivity index (χ2v) is 6.33. The van der Waals surface area contributed by atoms with Crippen molar-refractivity contribution in [3.8, 4) is 0 Å². The number of benzene rings is 1. The fourth-order valence-electron chi connectivity index (χ4n) is 3.45. The molecule has 1 atom stereocenters. The van der Waals surface area contributed by atoms with Crippen LogP contribution in [-0.4, -0.2) is 51.7 Å². The molecule has 2 aliphatic heterocycles. The summed E-state index contributed by atoms with van der Waals surface area (Å²) in [5.41, 5.74) is 2.44. The van der Waals surface area contributed by atoms with Crippen molar-refractivity contribution >= 4 is 11.6 Å². The second kappa shape index (κ2) is 5.54. The van der Waals surface area contributed by atoms with E-state index >= 15 is 0 Å². The highest BCUT2D eigenvalue weighted by Gasteiger charge is 2.33. The van der Waals surface area contributed by atoms with Gasteiger partial charge < -0.3 is 14.7 Å². The number of rotatable bonds is 2. The Morgan fingerprint density at radius 3 is 2.70 bits per heavy atom. The lowest BCUT2D eigenvalue weighted by atomic mass is 10.1. The first-order chi connectivity index (χ1) is 9.65. The predicted molar refractivity (Wildman–Crippen MR) is 79.3 cm³/mol. The van der Waals surface area contributed by atoms with Gasteiger partial charge in [0.2, 0.25) is 0 Å². The molecular weight excluding hydrogens is 250 g/mol. The Hall–Kier alpha value is -1.39. The van der Waals surface area contributed by atoms with Gasteiger partial charge >= 0.3 is 0 Å². The molecule has 1 aromatic carbocycles. The van der Waals surface area contributed by atoms with Gasteiger partial charge in [-0.1, -0.05) is 18.2 Å². The van der Waals surface area contributed by atoms with Crippen LogP contribution in [0, 0.1) is 0 Å². The van der Waals surface area contributed by atoms with E-state index in [1.807, 2.05) is 11.0 Å². The van der Waals surface area contributed by atoms with Crippen LogP contribution in [0.25, 0.3) is 0 Å². The zero-order valence-electron chi connectivity index (χ0n) is 12.5. The van der Waals surface area contributed by atoms with Gasteiger partial charge in [0.25, 0.3) is 5.91 Å². The number of hydrogen-bond acceptors (Lipinski definition) is 1. The first-order valence-electron chi connectivity index (χ1n) is 7.70. The van der Waals surface area contributed by atoms with Crippen LogP contribution in [0.5, 0.6) is 0 Å². The number of carbonyl (C=O) groups excluding carboxylic acids is 1. The molecule has 3 rings (SSSR count). The highest BCUT2D eigenvalue weighted by Crippen LogP contribution is 2.31. The lowest BCUT2D eigenvalue weighted by molar-refractivity contribution is -1.000. The molecule has 2 heterocycles. The Morgan fingerprint density at radius 2 is 1.95 bits per heavy atom. The number of hydrogen-bond donors (Lipinski definition) is 2. The second-order valence-electron chi connectivity index (χ2n) is 6.33. The van der Waals surface area contributed by atoms with Crippen molar-refractivity contribution < 1.29 is 14.6 Å². The molecule has 0 spiro atoms. The summed E-state index contributed by atoms with van der Waals surface area (Å²) in [5, 5.41) is 0. The van der Waals surface area contributed by atoms with Crippen molar-refractivity contribution in [2.45, 2.75) is 19.4 Å². The standard InChI is InChI=1S/C16H23N3O/c1-13-11-14-5-3-4-6-15(14)19(13)16(20)12-18-9-7-17(2)8-10-18/h3-6,13H,7-12H2,1-2H3/p+2/t13-/m0/s1. The molecule has 0 aliphatic carbocycles. The maximum absolute atomic E-state index is 12.7. The summed E-state index contributed by atoms with van der Waals surface area (Å²) >= 11 is 0. The Balaban J connectivity index is 1.68. The highest BCUT2D eigenvalue weighted by atomic mass is 16.2. The molecule has 1 amide bonds. The molecule has 0 radical (unpaired) electrons. The first kappa shape index (κ1) is 13.6. The monoisotopic (exact) mass is 275 g/mol. The van der Waals surface area contributed by atoms with Gasteiger partial charge in [0, 0.05) is 11.7 Å². The third-order valence-corrected chi connectivity index (χ3v) is 4.69. The average Bonchev–Trinajstić information content (AvgIpc) is 2.77. The molecule has 0 bridgehead atoms. The van der Waals surface area contributed by atoms with E-state index in [0.717, 1.165) is 25.2 Å². The molecule has 2 aliphatic rings. The Bertz CT molecular complexity index is 494. The lowest BCUT2D eigenvalue weighted by Gasteiger charge is -2.29. The van der Waals surface area contributed by atoms with Gasteiger partial charge in [-0.2, -0.15) is 0 Å². The molecule has 1 fully saturated rings. The summed E-state index contributed by atoms with van der Waals surface area (Å²) < 4.78 is 0. The summed E-state index contributed by atoms with van der Waals surface area (Å²) in [5.74, 6) is 0.289. The van der Waals surface area contributed by atoms with E-state index < -0.39 is 0 Å². The average molecular weight is 275 g/mol.